The second-order valence-electron chi connectivity index (χ2n) is 2.63. The van der Waals surface area contributed by atoms with Gasteiger partial charge < -0.3 is 9.17 Å². The van der Waals surface area contributed by atoms with Crippen molar-refractivity contribution in [2.75, 3.05) is 0 Å². The van der Waals surface area contributed by atoms with Crippen molar-refractivity contribution in [3.8, 4) is 5.75 Å². The van der Waals surface area contributed by atoms with Crippen molar-refractivity contribution in [3.05, 3.63) is 40.7 Å². The van der Waals surface area contributed by atoms with Crippen molar-refractivity contribution in [1.29, 1.82) is 0 Å². The number of rotatable bonds is 1. The van der Waals surface area contributed by atoms with Gasteiger partial charge in [-0.25, -0.2) is 0 Å². The van der Waals surface area contributed by atoms with Crippen LogP contribution in [0.15, 0.2) is 35.1 Å². The predicted octanol–water partition coefficient (Wildman–Crippen LogP) is 1.75. The summed E-state index contributed by atoms with van der Waals surface area (Å²) in [4.78, 5) is 13.8. The van der Waals surface area contributed by atoms with Crippen molar-refractivity contribution < 1.29 is 4.18 Å². The summed E-state index contributed by atoms with van der Waals surface area (Å²) in [7, 11) is 0. The lowest BCUT2D eigenvalue weighted by Gasteiger charge is -2.01. The van der Waals surface area contributed by atoms with Crippen LogP contribution in [0.4, 0.5) is 0 Å². The van der Waals surface area contributed by atoms with E-state index >= 15 is 0 Å². The first-order valence-electron chi connectivity index (χ1n) is 3.75. The molecule has 1 aromatic heterocycles. The van der Waals surface area contributed by atoms with E-state index in [4.69, 9.17) is 4.18 Å². The molecular weight excluding hydrogens is 186 g/mol. The normalized spacial score (nSPS) is 10.2. The molecular formula is C9H7NO2S. The second-order valence-corrected chi connectivity index (χ2v) is 2.82. The first-order valence-corrected chi connectivity index (χ1v) is 4.11. The highest BCUT2D eigenvalue weighted by Gasteiger charge is 2.01. The standard InChI is InChI=1S/C9H7NO2S/c11-9-5-8(12-13)6-3-1-2-4-7(6)10-9/h1-5,13H,(H,10,11). The number of nitrogens with one attached hydrogen (secondary N) is 1. The van der Waals surface area contributed by atoms with Crippen LogP contribution in [-0.4, -0.2) is 4.98 Å². The van der Waals surface area contributed by atoms with Gasteiger partial charge in [0.25, 0.3) is 5.56 Å². The average molecular weight is 193 g/mol. The molecule has 0 aliphatic carbocycles. The van der Waals surface area contributed by atoms with Gasteiger partial charge >= 0.3 is 0 Å². The minimum absolute atomic E-state index is 0.192. The number of hydrogen-bond donors (Lipinski definition) is 2. The number of hydrogen-bond acceptors (Lipinski definition) is 3. The molecule has 0 unspecified atom stereocenters. The van der Waals surface area contributed by atoms with Gasteiger partial charge in [0.15, 0.2) is 5.75 Å². The Labute approximate surface area is 80.0 Å². The van der Waals surface area contributed by atoms with E-state index < -0.39 is 0 Å². The Hall–Kier alpha value is -1.42. The van der Waals surface area contributed by atoms with E-state index in [-0.39, 0.29) is 5.56 Å². The third-order valence-electron chi connectivity index (χ3n) is 1.81. The van der Waals surface area contributed by atoms with Crippen molar-refractivity contribution >= 4 is 23.8 Å². The number of benzene rings is 1. The Morgan fingerprint density at radius 2 is 2.08 bits per heavy atom. The molecule has 3 nitrogen and oxygen atoms in total. The maximum atomic E-state index is 11.1. The summed E-state index contributed by atoms with van der Waals surface area (Å²) in [5.41, 5.74) is 0.557. The van der Waals surface area contributed by atoms with Gasteiger partial charge in [-0.05, 0) is 12.1 Å². The fraction of sp³-hybridized carbons (Fsp3) is 0. The molecule has 0 amide bonds. The van der Waals surface area contributed by atoms with E-state index in [1.807, 2.05) is 24.3 Å². The molecule has 0 saturated carbocycles. The Bertz CT molecular complexity index is 492. The zero-order valence-corrected chi connectivity index (χ0v) is 7.54. The lowest BCUT2D eigenvalue weighted by molar-refractivity contribution is 0.665. The fourth-order valence-electron chi connectivity index (χ4n) is 1.25. The molecule has 0 spiro atoms. The summed E-state index contributed by atoms with van der Waals surface area (Å²) in [6.07, 6.45) is 0. The quantitative estimate of drug-likeness (QED) is 0.535. The van der Waals surface area contributed by atoms with E-state index in [0.717, 1.165) is 10.9 Å². The van der Waals surface area contributed by atoms with Crippen LogP contribution in [0.3, 0.4) is 0 Å². The van der Waals surface area contributed by atoms with Crippen molar-refractivity contribution in [2.45, 2.75) is 0 Å². The Morgan fingerprint density at radius 3 is 2.85 bits per heavy atom. The maximum absolute atomic E-state index is 11.1. The van der Waals surface area contributed by atoms with Crippen molar-refractivity contribution in [3.63, 3.8) is 0 Å². The van der Waals surface area contributed by atoms with Crippen LogP contribution < -0.4 is 9.74 Å². The number of aromatic nitrogens is 1. The van der Waals surface area contributed by atoms with Crippen LogP contribution in [0, 0.1) is 0 Å². The maximum Gasteiger partial charge on any atom is 0.252 e. The molecule has 2 aromatic rings. The highest BCUT2D eigenvalue weighted by atomic mass is 32.1. The molecule has 2 rings (SSSR count). The smallest absolute Gasteiger partial charge is 0.252 e. The molecule has 0 atom stereocenters. The summed E-state index contributed by atoms with van der Waals surface area (Å²) in [5, 5.41) is 0.845. The largest absolute Gasteiger partial charge is 0.428 e. The number of para-hydroxylation sites is 1. The molecule has 0 saturated heterocycles. The van der Waals surface area contributed by atoms with Gasteiger partial charge in [0.1, 0.15) is 0 Å². The van der Waals surface area contributed by atoms with Crippen LogP contribution in [-0.2, 0) is 0 Å². The Morgan fingerprint density at radius 1 is 1.31 bits per heavy atom. The van der Waals surface area contributed by atoms with E-state index in [1.54, 1.807) is 0 Å². The van der Waals surface area contributed by atoms with Crippen molar-refractivity contribution in [2.24, 2.45) is 0 Å². The SMILES string of the molecule is O=c1cc(OS)c2ccccc2[nH]1. The fourth-order valence-corrected chi connectivity index (χ4v) is 1.40. The minimum Gasteiger partial charge on any atom is -0.428 e. The van der Waals surface area contributed by atoms with E-state index in [1.165, 1.54) is 6.07 Å². The van der Waals surface area contributed by atoms with Crippen LogP contribution >= 0.6 is 12.9 Å². The number of fused-ring (bicyclic) bond motifs is 1. The summed E-state index contributed by atoms with van der Waals surface area (Å²) >= 11 is 3.68. The molecule has 4 heteroatoms. The Balaban J connectivity index is 2.89. The lowest BCUT2D eigenvalue weighted by atomic mass is 10.2. The van der Waals surface area contributed by atoms with Gasteiger partial charge in [-0.2, -0.15) is 0 Å². The molecule has 1 N–H and O–H groups in total. The van der Waals surface area contributed by atoms with E-state index in [2.05, 4.69) is 17.9 Å². The number of pyridine rings is 1. The highest BCUT2D eigenvalue weighted by Crippen LogP contribution is 2.21. The zero-order valence-electron chi connectivity index (χ0n) is 6.65. The molecule has 66 valence electrons. The minimum atomic E-state index is -0.192. The first kappa shape index (κ1) is 8.19. The van der Waals surface area contributed by atoms with Gasteiger partial charge in [-0.1, -0.05) is 12.1 Å². The highest BCUT2D eigenvalue weighted by molar-refractivity contribution is 7.75. The van der Waals surface area contributed by atoms with Gasteiger partial charge in [0.05, 0.1) is 5.52 Å². The predicted molar refractivity (Wildman–Crippen MR) is 54.2 cm³/mol. The van der Waals surface area contributed by atoms with Crippen molar-refractivity contribution in [1.82, 2.24) is 4.98 Å². The number of thiol groups is 1. The lowest BCUT2D eigenvalue weighted by Crippen LogP contribution is -2.03. The first-order chi connectivity index (χ1) is 6.31. The monoisotopic (exact) mass is 193 g/mol. The van der Waals surface area contributed by atoms with Crippen LogP contribution in [0.2, 0.25) is 0 Å². The van der Waals surface area contributed by atoms with E-state index in [9.17, 15) is 4.79 Å². The molecule has 0 bridgehead atoms. The van der Waals surface area contributed by atoms with Gasteiger partial charge in [0, 0.05) is 24.4 Å². The molecule has 0 fully saturated rings. The number of aromatic amines is 1. The van der Waals surface area contributed by atoms with Crippen LogP contribution in [0.5, 0.6) is 5.75 Å². The van der Waals surface area contributed by atoms with Gasteiger partial charge in [-0.3, -0.25) is 4.79 Å². The van der Waals surface area contributed by atoms with Crippen LogP contribution in [0.25, 0.3) is 10.9 Å². The second kappa shape index (κ2) is 3.14. The topological polar surface area (TPSA) is 42.1 Å². The summed E-state index contributed by atoms with van der Waals surface area (Å²) in [6, 6.07) is 8.76. The Kier molecular flexibility index (Phi) is 1.98. The van der Waals surface area contributed by atoms with E-state index in [0.29, 0.717) is 5.75 Å². The third-order valence-corrected chi connectivity index (χ3v) is 2.01. The summed E-state index contributed by atoms with van der Waals surface area (Å²) in [5.74, 6) is 0.475. The van der Waals surface area contributed by atoms with Gasteiger partial charge in [0.2, 0.25) is 0 Å². The third kappa shape index (κ3) is 1.40. The summed E-state index contributed by atoms with van der Waals surface area (Å²) in [6.45, 7) is 0. The number of H-pyrrole nitrogens is 1. The molecule has 0 aliphatic heterocycles. The zero-order chi connectivity index (χ0) is 9.26. The average Bonchev–Trinajstić information content (AvgIpc) is 2.16. The molecule has 0 aliphatic rings. The summed E-state index contributed by atoms with van der Waals surface area (Å²) < 4.78 is 4.78. The molecule has 1 heterocycles. The molecule has 0 radical (unpaired) electrons. The van der Waals surface area contributed by atoms with Crippen LogP contribution in [0.1, 0.15) is 0 Å². The molecule has 1 aromatic carbocycles. The van der Waals surface area contributed by atoms with Gasteiger partial charge in [-0.15, -0.1) is 0 Å². The molecule has 13 heavy (non-hydrogen) atoms.